The summed E-state index contributed by atoms with van der Waals surface area (Å²) in [5.41, 5.74) is 1.36. The molecule has 0 atom stereocenters. The number of hydrogen-bond acceptors (Lipinski definition) is 1. The van der Waals surface area contributed by atoms with Crippen LogP contribution in [0.15, 0.2) is 29.2 Å². The van der Waals surface area contributed by atoms with E-state index in [0.29, 0.717) is 0 Å². The Bertz CT molecular complexity index is 225. The lowest BCUT2D eigenvalue weighted by molar-refractivity contribution is 1.28. The lowest BCUT2D eigenvalue weighted by Gasteiger charge is -2.02. The van der Waals surface area contributed by atoms with Crippen LogP contribution in [0.2, 0.25) is 0 Å². The van der Waals surface area contributed by atoms with Gasteiger partial charge < -0.3 is 0 Å². The molecule has 0 unspecified atom stereocenters. The molecule has 0 saturated heterocycles. The first-order valence-electron chi connectivity index (χ1n) is 3.21. The van der Waals surface area contributed by atoms with E-state index in [1.165, 1.54) is 10.5 Å². The summed E-state index contributed by atoms with van der Waals surface area (Å²) in [5.74, 6) is 0. The zero-order valence-electron chi connectivity index (χ0n) is 5.89. The van der Waals surface area contributed by atoms with Gasteiger partial charge in [-0.05, 0) is 11.6 Å². The molecular weight excluding hydrogens is 288 g/mol. The average molecular weight is 296 g/mol. The lowest BCUT2D eigenvalue weighted by Crippen LogP contribution is -1.81. The molecule has 0 bridgehead atoms. The third kappa shape index (κ3) is 2.80. The summed E-state index contributed by atoms with van der Waals surface area (Å²) in [4.78, 5) is 1.35. The second kappa shape index (κ2) is 5.22. The van der Waals surface area contributed by atoms with Crippen LogP contribution in [0.5, 0.6) is 0 Å². The highest BCUT2D eigenvalue weighted by Crippen LogP contribution is 2.25. The van der Waals surface area contributed by atoms with Crippen molar-refractivity contribution >= 4 is 43.6 Å². The molecule has 0 saturated carbocycles. The first kappa shape index (κ1) is 9.62. The topological polar surface area (TPSA) is 0 Å². The van der Waals surface area contributed by atoms with Crippen LogP contribution in [-0.4, -0.2) is 4.66 Å². The molecule has 1 aromatic carbocycles. The molecule has 0 spiro atoms. The SMILES string of the molecule is BrCSc1ccccc1CBr. The van der Waals surface area contributed by atoms with Crippen LogP contribution in [0.4, 0.5) is 0 Å². The Morgan fingerprint density at radius 1 is 1.18 bits per heavy atom. The van der Waals surface area contributed by atoms with Crippen LogP contribution in [0.25, 0.3) is 0 Å². The molecule has 0 aromatic heterocycles. The van der Waals surface area contributed by atoms with Crippen molar-refractivity contribution in [3.8, 4) is 0 Å². The Hall–Kier alpha value is 0.530. The van der Waals surface area contributed by atoms with E-state index in [1.54, 1.807) is 0 Å². The van der Waals surface area contributed by atoms with Crippen molar-refractivity contribution in [1.29, 1.82) is 0 Å². The third-order valence-corrected chi connectivity index (χ3v) is 3.44. The Labute approximate surface area is 88.0 Å². The summed E-state index contributed by atoms with van der Waals surface area (Å²) in [7, 11) is 0. The third-order valence-electron chi connectivity index (χ3n) is 1.33. The van der Waals surface area contributed by atoms with E-state index in [4.69, 9.17) is 0 Å². The first-order valence-corrected chi connectivity index (χ1v) is 6.44. The maximum absolute atomic E-state index is 3.45. The largest absolute Gasteiger partial charge is 0.114 e. The summed E-state index contributed by atoms with van der Waals surface area (Å²) in [6, 6.07) is 8.41. The van der Waals surface area contributed by atoms with Crippen LogP contribution in [0, 0.1) is 0 Å². The van der Waals surface area contributed by atoms with Crippen LogP contribution >= 0.6 is 43.6 Å². The first-order chi connectivity index (χ1) is 5.38. The van der Waals surface area contributed by atoms with E-state index < -0.39 is 0 Å². The van der Waals surface area contributed by atoms with Crippen molar-refractivity contribution in [3.05, 3.63) is 29.8 Å². The molecule has 0 nitrogen and oxygen atoms in total. The molecule has 60 valence electrons. The Morgan fingerprint density at radius 2 is 1.91 bits per heavy atom. The van der Waals surface area contributed by atoms with Crippen LogP contribution in [0.3, 0.4) is 0 Å². The van der Waals surface area contributed by atoms with Gasteiger partial charge in [-0.3, -0.25) is 0 Å². The molecule has 0 aliphatic carbocycles. The minimum absolute atomic E-state index is 0.934. The molecule has 0 amide bonds. The smallest absolute Gasteiger partial charge is 0.0537 e. The van der Waals surface area contributed by atoms with E-state index in [-0.39, 0.29) is 0 Å². The maximum atomic E-state index is 3.45. The summed E-state index contributed by atoms with van der Waals surface area (Å²) in [6.07, 6.45) is 0. The zero-order valence-corrected chi connectivity index (χ0v) is 9.88. The van der Waals surface area contributed by atoms with Crippen molar-refractivity contribution in [2.45, 2.75) is 10.2 Å². The zero-order chi connectivity index (χ0) is 8.10. The van der Waals surface area contributed by atoms with Crippen molar-refractivity contribution in [1.82, 2.24) is 0 Å². The van der Waals surface area contributed by atoms with Gasteiger partial charge in [0, 0.05) is 10.2 Å². The van der Waals surface area contributed by atoms with Crippen molar-refractivity contribution in [2.24, 2.45) is 0 Å². The number of hydrogen-bond donors (Lipinski definition) is 0. The molecule has 0 aliphatic rings. The van der Waals surface area contributed by atoms with Gasteiger partial charge in [-0.15, -0.1) is 11.8 Å². The average Bonchev–Trinajstić information content (AvgIpc) is 2.06. The Kier molecular flexibility index (Phi) is 4.57. The molecule has 3 heteroatoms. The monoisotopic (exact) mass is 294 g/mol. The highest BCUT2D eigenvalue weighted by molar-refractivity contribution is 9.11. The predicted molar refractivity (Wildman–Crippen MR) is 58.7 cm³/mol. The number of alkyl halides is 2. The van der Waals surface area contributed by atoms with Gasteiger partial charge >= 0.3 is 0 Å². The number of rotatable bonds is 3. The Balaban J connectivity index is 2.83. The van der Waals surface area contributed by atoms with E-state index in [9.17, 15) is 0 Å². The predicted octanol–water partition coefficient (Wildman–Crippen LogP) is 4.03. The van der Waals surface area contributed by atoms with Crippen LogP contribution in [0.1, 0.15) is 5.56 Å². The number of halogens is 2. The molecule has 1 rings (SSSR count). The summed E-state index contributed by atoms with van der Waals surface area (Å²) in [5, 5.41) is 0.934. The van der Waals surface area contributed by atoms with Gasteiger partial charge in [-0.2, -0.15) is 0 Å². The van der Waals surface area contributed by atoms with Gasteiger partial charge in [0.05, 0.1) is 4.66 Å². The molecule has 0 radical (unpaired) electrons. The number of thioether (sulfide) groups is 1. The van der Waals surface area contributed by atoms with Crippen LogP contribution in [-0.2, 0) is 5.33 Å². The molecule has 11 heavy (non-hydrogen) atoms. The van der Waals surface area contributed by atoms with E-state index in [1.807, 2.05) is 11.8 Å². The van der Waals surface area contributed by atoms with Crippen molar-refractivity contribution < 1.29 is 0 Å². The minimum Gasteiger partial charge on any atom is -0.114 e. The summed E-state index contributed by atoms with van der Waals surface area (Å²) >= 11 is 8.66. The molecule has 0 heterocycles. The fraction of sp³-hybridized carbons (Fsp3) is 0.250. The second-order valence-electron chi connectivity index (χ2n) is 1.99. The van der Waals surface area contributed by atoms with E-state index in [0.717, 1.165) is 9.99 Å². The summed E-state index contributed by atoms with van der Waals surface area (Å²) < 4.78 is 0.955. The highest BCUT2D eigenvalue weighted by atomic mass is 79.9. The van der Waals surface area contributed by atoms with Crippen molar-refractivity contribution in [3.63, 3.8) is 0 Å². The molecular formula is C8H8Br2S. The van der Waals surface area contributed by atoms with Gasteiger partial charge in [0.1, 0.15) is 0 Å². The fourth-order valence-electron chi connectivity index (χ4n) is 0.814. The van der Waals surface area contributed by atoms with E-state index in [2.05, 4.69) is 56.1 Å². The van der Waals surface area contributed by atoms with E-state index >= 15 is 0 Å². The Morgan fingerprint density at radius 3 is 2.55 bits per heavy atom. The fourth-order valence-corrected chi connectivity index (χ4v) is 2.85. The summed E-state index contributed by atoms with van der Waals surface area (Å²) in [6.45, 7) is 0. The number of benzene rings is 1. The molecule has 0 fully saturated rings. The van der Waals surface area contributed by atoms with Gasteiger partial charge in [-0.1, -0.05) is 50.1 Å². The van der Waals surface area contributed by atoms with Crippen LogP contribution < -0.4 is 0 Å². The lowest BCUT2D eigenvalue weighted by atomic mass is 10.2. The van der Waals surface area contributed by atoms with Gasteiger partial charge in [0.25, 0.3) is 0 Å². The standard InChI is InChI=1S/C8H8Br2S/c9-5-7-3-1-2-4-8(7)11-6-10/h1-4H,5-6H2. The van der Waals surface area contributed by atoms with Gasteiger partial charge in [0.2, 0.25) is 0 Å². The minimum atomic E-state index is 0.934. The normalized spacial score (nSPS) is 10.0. The highest BCUT2D eigenvalue weighted by Gasteiger charge is 1.98. The maximum Gasteiger partial charge on any atom is 0.0537 e. The molecule has 0 aliphatic heterocycles. The van der Waals surface area contributed by atoms with Gasteiger partial charge in [-0.25, -0.2) is 0 Å². The molecule has 1 aromatic rings. The van der Waals surface area contributed by atoms with Crippen molar-refractivity contribution in [2.75, 3.05) is 4.66 Å². The quantitative estimate of drug-likeness (QED) is 0.599. The van der Waals surface area contributed by atoms with Gasteiger partial charge in [0.15, 0.2) is 0 Å². The second-order valence-corrected chi connectivity index (χ2v) is 4.88. The molecule has 0 N–H and O–H groups in total.